The van der Waals surface area contributed by atoms with E-state index in [1.165, 1.54) is 5.56 Å². The van der Waals surface area contributed by atoms with Gasteiger partial charge in [0.1, 0.15) is 12.4 Å². The summed E-state index contributed by atoms with van der Waals surface area (Å²) in [5.41, 5.74) is 3.45. The molecule has 1 amide bonds. The highest BCUT2D eigenvalue weighted by molar-refractivity contribution is 6.31. The highest BCUT2D eigenvalue weighted by Gasteiger charge is 2.09. The Hall–Kier alpha value is -2.78. The lowest BCUT2D eigenvalue weighted by molar-refractivity contribution is 0.102. The summed E-state index contributed by atoms with van der Waals surface area (Å²) in [4.78, 5) is 12.5. The van der Waals surface area contributed by atoms with Gasteiger partial charge in [0.25, 0.3) is 5.91 Å². The Labute approximate surface area is 164 Å². The summed E-state index contributed by atoms with van der Waals surface area (Å²) in [7, 11) is 0. The molecule has 27 heavy (non-hydrogen) atoms. The normalized spacial score (nSPS) is 10.7. The fourth-order valence-electron chi connectivity index (χ4n) is 2.66. The van der Waals surface area contributed by atoms with Crippen LogP contribution in [0.4, 0.5) is 5.69 Å². The van der Waals surface area contributed by atoms with Crippen LogP contribution in [0.25, 0.3) is 0 Å². The molecule has 0 aliphatic heterocycles. The second-order valence-electron chi connectivity index (χ2n) is 6.64. The predicted molar refractivity (Wildman–Crippen MR) is 111 cm³/mol. The van der Waals surface area contributed by atoms with Gasteiger partial charge in [-0.15, -0.1) is 0 Å². The fourth-order valence-corrected chi connectivity index (χ4v) is 2.85. The number of anilines is 1. The van der Waals surface area contributed by atoms with Crippen LogP contribution >= 0.6 is 11.6 Å². The maximum absolute atomic E-state index is 12.5. The molecule has 0 aliphatic rings. The molecule has 0 saturated heterocycles. The first kappa shape index (κ1) is 19.0. The van der Waals surface area contributed by atoms with Crippen LogP contribution in [-0.2, 0) is 6.61 Å². The Balaban J connectivity index is 1.65. The lowest BCUT2D eigenvalue weighted by Gasteiger charge is -2.10. The average molecular weight is 380 g/mol. The van der Waals surface area contributed by atoms with Crippen LogP contribution in [0.5, 0.6) is 5.75 Å². The van der Waals surface area contributed by atoms with E-state index < -0.39 is 0 Å². The lowest BCUT2D eigenvalue weighted by atomic mass is 10.0. The van der Waals surface area contributed by atoms with Crippen molar-refractivity contribution in [2.24, 2.45) is 0 Å². The molecule has 0 bridgehead atoms. The molecule has 0 aromatic heterocycles. The zero-order valence-corrected chi connectivity index (χ0v) is 16.2. The minimum atomic E-state index is -0.171. The molecular weight excluding hydrogens is 358 g/mol. The van der Waals surface area contributed by atoms with E-state index in [1.807, 2.05) is 54.6 Å². The van der Waals surface area contributed by atoms with E-state index in [1.54, 1.807) is 18.2 Å². The predicted octanol–water partition coefficient (Wildman–Crippen LogP) is 6.29. The van der Waals surface area contributed by atoms with Crippen molar-refractivity contribution in [3.05, 3.63) is 94.5 Å². The van der Waals surface area contributed by atoms with E-state index in [-0.39, 0.29) is 5.91 Å². The molecule has 3 rings (SSSR count). The van der Waals surface area contributed by atoms with Crippen LogP contribution in [0.2, 0.25) is 5.02 Å². The number of benzene rings is 3. The Kier molecular flexibility index (Phi) is 6.15. The highest BCUT2D eigenvalue weighted by atomic mass is 35.5. The van der Waals surface area contributed by atoms with Crippen LogP contribution in [0.15, 0.2) is 72.8 Å². The molecule has 1 N–H and O–H groups in total. The molecule has 4 heteroatoms. The third-order valence-electron chi connectivity index (χ3n) is 4.28. The molecule has 0 unspecified atom stereocenters. The van der Waals surface area contributed by atoms with E-state index in [0.717, 1.165) is 11.3 Å². The molecule has 0 aliphatic carbocycles. The number of carbonyl (C=O) groups is 1. The summed E-state index contributed by atoms with van der Waals surface area (Å²) < 4.78 is 5.79. The van der Waals surface area contributed by atoms with Crippen molar-refractivity contribution in [2.45, 2.75) is 26.4 Å². The van der Waals surface area contributed by atoms with E-state index in [4.69, 9.17) is 16.3 Å². The SMILES string of the molecule is CC(C)c1ccc(NC(=O)c2cccc(OCc3ccccc3Cl)c2)cc1. The molecule has 0 saturated carbocycles. The molecule has 0 fully saturated rings. The second-order valence-corrected chi connectivity index (χ2v) is 7.05. The first-order chi connectivity index (χ1) is 13.0. The van der Waals surface area contributed by atoms with Crippen molar-refractivity contribution in [2.75, 3.05) is 5.32 Å². The minimum absolute atomic E-state index is 0.171. The van der Waals surface area contributed by atoms with Gasteiger partial charge in [0, 0.05) is 21.8 Å². The number of halogens is 1. The average Bonchev–Trinajstić information content (AvgIpc) is 2.68. The summed E-state index contributed by atoms with van der Waals surface area (Å²) in [5.74, 6) is 0.912. The number of nitrogens with one attached hydrogen (secondary N) is 1. The van der Waals surface area contributed by atoms with E-state index in [9.17, 15) is 4.79 Å². The molecule has 3 nitrogen and oxygen atoms in total. The van der Waals surface area contributed by atoms with Crippen molar-refractivity contribution in [3.63, 3.8) is 0 Å². The zero-order chi connectivity index (χ0) is 19.2. The molecule has 3 aromatic carbocycles. The minimum Gasteiger partial charge on any atom is -0.489 e. The molecule has 0 radical (unpaired) electrons. The Morgan fingerprint density at radius 3 is 2.44 bits per heavy atom. The maximum Gasteiger partial charge on any atom is 0.255 e. The highest BCUT2D eigenvalue weighted by Crippen LogP contribution is 2.21. The van der Waals surface area contributed by atoms with Crippen LogP contribution in [-0.4, -0.2) is 5.91 Å². The Morgan fingerprint density at radius 2 is 1.74 bits per heavy atom. The summed E-state index contributed by atoms with van der Waals surface area (Å²) in [5, 5.41) is 3.58. The summed E-state index contributed by atoms with van der Waals surface area (Å²) in [6.07, 6.45) is 0. The van der Waals surface area contributed by atoms with Gasteiger partial charge in [-0.05, 0) is 47.9 Å². The van der Waals surface area contributed by atoms with Gasteiger partial charge in [-0.1, -0.05) is 61.8 Å². The molecule has 138 valence electrons. The van der Waals surface area contributed by atoms with Crippen molar-refractivity contribution < 1.29 is 9.53 Å². The Morgan fingerprint density at radius 1 is 1.00 bits per heavy atom. The first-order valence-corrected chi connectivity index (χ1v) is 9.28. The van der Waals surface area contributed by atoms with Crippen LogP contribution in [0.1, 0.15) is 41.3 Å². The van der Waals surface area contributed by atoms with E-state index >= 15 is 0 Å². The summed E-state index contributed by atoms with van der Waals surface area (Å²) in [6.45, 7) is 4.63. The molecule has 0 heterocycles. The molecular formula is C23H22ClNO2. The van der Waals surface area contributed by atoms with Gasteiger partial charge < -0.3 is 10.1 Å². The van der Waals surface area contributed by atoms with E-state index in [0.29, 0.717) is 28.9 Å². The third kappa shape index (κ3) is 5.11. The smallest absolute Gasteiger partial charge is 0.255 e. The van der Waals surface area contributed by atoms with Crippen LogP contribution in [0.3, 0.4) is 0 Å². The quantitative estimate of drug-likeness (QED) is 0.546. The number of hydrogen-bond donors (Lipinski definition) is 1. The summed E-state index contributed by atoms with van der Waals surface area (Å²) >= 11 is 6.15. The van der Waals surface area contributed by atoms with Gasteiger partial charge in [0.2, 0.25) is 0 Å². The maximum atomic E-state index is 12.5. The van der Waals surface area contributed by atoms with Gasteiger partial charge >= 0.3 is 0 Å². The number of hydrogen-bond acceptors (Lipinski definition) is 2. The van der Waals surface area contributed by atoms with Crippen LogP contribution in [0, 0.1) is 0 Å². The largest absolute Gasteiger partial charge is 0.489 e. The summed E-state index contributed by atoms with van der Waals surface area (Å²) in [6, 6.07) is 22.6. The second kappa shape index (κ2) is 8.74. The Bertz CT molecular complexity index is 920. The van der Waals surface area contributed by atoms with Crippen molar-refractivity contribution in [3.8, 4) is 5.75 Å². The number of amides is 1. The van der Waals surface area contributed by atoms with Crippen molar-refractivity contribution >= 4 is 23.2 Å². The molecule has 3 aromatic rings. The first-order valence-electron chi connectivity index (χ1n) is 8.90. The van der Waals surface area contributed by atoms with Crippen LogP contribution < -0.4 is 10.1 Å². The standard InChI is InChI=1S/C23H22ClNO2/c1-16(2)17-10-12-20(13-11-17)25-23(26)18-7-5-8-21(14-18)27-15-19-6-3-4-9-22(19)24/h3-14,16H,15H2,1-2H3,(H,25,26). The zero-order valence-electron chi connectivity index (χ0n) is 15.4. The lowest BCUT2D eigenvalue weighted by Crippen LogP contribution is -2.12. The van der Waals surface area contributed by atoms with Gasteiger partial charge in [0.15, 0.2) is 0 Å². The van der Waals surface area contributed by atoms with E-state index in [2.05, 4.69) is 19.2 Å². The van der Waals surface area contributed by atoms with Gasteiger partial charge in [-0.2, -0.15) is 0 Å². The number of ether oxygens (including phenoxy) is 1. The number of carbonyl (C=O) groups excluding carboxylic acids is 1. The number of rotatable bonds is 6. The van der Waals surface area contributed by atoms with Crippen molar-refractivity contribution in [1.82, 2.24) is 0 Å². The fraction of sp³-hybridized carbons (Fsp3) is 0.174. The van der Waals surface area contributed by atoms with Crippen molar-refractivity contribution in [1.29, 1.82) is 0 Å². The topological polar surface area (TPSA) is 38.3 Å². The van der Waals surface area contributed by atoms with Gasteiger partial charge in [-0.25, -0.2) is 0 Å². The third-order valence-corrected chi connectivity index (χ3v) is 4.65. The van der Waals surface area contributed by atoms with Gasteiger partial charge in [-0.3, -0.25) is 4.79 Å². The molecule has 0 spiro atoms. The monoisotopic (exact) mass is 379 g/mol. The molecule has 0 atom stereocenters. The van der Waals surface area contributed by atoms with Gasteiger partial charge in [0.05, 0.1) is 0 Å².